The van der Waals surface area contributed by atoms with Crippen molar-refractivity contribution in [1.82, 2.24) is 5.43 Å². The highest BCUT2D eigenvalue weighted by Gasteiger charge is 2.46. The first-order valence-corrected chi connectivity index (χ1v) is 7.91. The first-order valence-electron chi connectivity index (χ1n) is 7.91. The molecule has 3 atom stereocenters. The zero-order valence-corrected chi connectivity index (χ0v) is 12.1. The van der Waals surface area contributed by atoms with Crippen molar-refractivity contribution >= 4 is 0 Å². The summed E-state index contributed by atoms with van der Waals surface area (Å²) < 4.78 is 11.9. The van der Waals surface area contributed by atoms with Gasteiger partial charge < -0.3 is 9.47 Å². The van der Waals surface area contributed by atoms with Gasteiger partial charge in [-0.1, -0.05) is 12.8 Å². The van der Waals surface area contributed by atoms with Crippen LogP contribution < -0.4 is 11.3 Å². The van der Waals surface area contributed by atoms with Crippen LogP contribution in [-0.4, -0.2) is 31.5 Å². The molecule has 2 saturated carbocycles. The fourth-order valence-corrected chi connectivity index (χ4v) is 4.30. The highest BCUT2D eigenvalue weighted by Crippen LogP contribution is 2.45. The third kappa shape index (κ3) is 2.82. The molecule has 4 nitrogen and oxygen atoms in total. The van der Waals surface area contributed by atoms with Crippen LogP contribution in [0.5, 0.6) is 0 Å². The van der Waals surface area contributed by atoms with Gasteiger partial charge in [-0.2, -0.15) is 0 Å². The second-order valence-electron chi connectivity index (χ2n) is 6.72. The van der Waals surface area contributed by atoms with Crippen LogP contribution in [0.4, 0.5) is 0 Å². The Bertz CT molecular complexity index is 301. The van der Waals surface area contributed by atoms with E-state index in [0.717, 1.165) is 19.4 Å². The number of ether oxygens (including phenoxy) is 2. The lowest BCUT2D eigenvalue weighted by Crippen LogP contribution is -2.54. The van der Waals surface area contributed by atoms with Crippen LogP contribution >= 0.6 is 0 Å². The molecule has 110 valence electrons. The Balaban J connectivity index is 1.68. The van der Waals surface area contributed by atoms with Crippen molar-refractivity contribution in [2.45, 2.75) is 69.1 Å². The van der Waals surface area contributed by atoms with Crippen molar-refractivity contribution in [2.75, 3.05) is 13.7 Å². The zero-order chi connectivity index (χ0) is 13.3. The molecular formula is C15H28N2O2. The van der Waals surface area contributed by atoms with Crippen LogP contribution in [0.3, 0.4) is 0 Å². The molecule has 0 radical (unpaired) electrons. The van der Waals surface area contributed by atoms with E-state index in [1.807, 2.05) is 7.11 Å². The summed E-state index contributed by atoms with van der Waals surface area (Å²) in [6.07, 6.45) is 10.3. The minimum Gasteiger partial charge on any atom is -0.379 e. The Hall–Kier alpha value is -0.160. The second kappa shape index (κ2) is 5.68. The number of hydrazine groups is 1. The lowest BCUT2D eigenvalue weighted by atomic mass is 9.78. The fraction of sp³-hybridized carbons (Fsp3) is 1.00. The van der Waals surface area contributed by atoms with Crippen LogP contribution in [0.1, 0.15) is 51.4 Å². The van der Waals surface area contributed by atoms with E-state index in [9.17, 15) is 0 Å². The maximum absolute atomic E-state index is 6.13. The molecular weight excluding hydrogens is 240 g/mol. The highest BCUT2D eigenvalue weighted by atomic mass is 16.5. The van der Waals surface area contributed by atoms with E-state index in [0.29, 0.717) is 17.9 Å². The van der Waals surface area contributed by atoms with Gasteiger partial charge in [0.15, 0.2) is 0 Å². The summed E-state index contributed by atoms with van der Waals surface area (Å²) >= 11 is 0. The van der Waals surface area contributed by atoms with Crippen molar-refractivity contribution in [1.29, 1.82) is 0 Å². The van der Waals surface area contributed by atoms with Gasteiger partial charge in [0.05, 0.1) is 17.7 Å². The maximum atomic E-state index is 6.13. The van der Waals surface area contributed by atoms with Crippen molar-refractivity contribution < 1.29 is 9.47 Å². The van der Waals surface area contributed by atoms with Gasteiger partial charge in [-0.3, -0.25) is 11.3 Å². The molecule has 4 heteroatoms. The number of rotatable bonds is 5. The first kappa shape index (κ1) is 13.8. The van der Waals surface area contributed by atoms with Gasteiger partial charge in [0.25, 0.3) is 0 Å². The van der Waals surface area contributed by atoms with E-state index < -0.39 is 0 Å². The molecule has 0 amide bonds. The summed E-state index contributed by atoms with van der Waals surface area (Å²) in [4.78, 5) is 0. The summed E-state index contributed by atoms with van der Waals surface area (Å²) in [6.45, 7) is 0.893. The van der Waals surface area contributed by atoms with Crippen molar-refractivity contribution in [3.05, 3.63) is 0 Å². The van der Waals surface area contributed by atoms with Gasteiger partial charge >= 0.3 is 0 Å². The number of methoxy groups -OCH3 is 1. The Labute approximate surface area is 116 Å². The summed E-state index contributed by atoms with van der Waals surface area (Å²) in [5.74, 6) is 7.18. The summed E-state index contributed by atoms with van der Waals surface area (Å²) in [5, 5.41) is 0. The highest BCUT2D eigenvalue weighted by molar-refractivity contribution is 4.98. The van der Waals surface area contributed by atoms with Gasteiger partial charge in [0.1, 0.15) is 0 Å². The molecule has 0 aromatic heterocycles. The molecule has 19 heavy (non-hydrogen) atoms. The standard InChI is InChI=1S/C15H28N2O2/c1-18-14(11-4-5-11)13(17-16)12-6-9-19-15(10-12)7-2-3-8-15/h11-14,17H,2-10,16H2,1H3. The third-order valence-corrected chi connectivity index (χ3v) is 5.46. The van der Waals surface area contributed by atoms with Gasteiger partial charge in [0, 0.05) is 13.7 Å². The van der Waals surface area contributed by atoms with Crippen molar-refractivity contribution in [2.24, 2.45) is 17.7 Å². The van der Waals surface area contributed by atoms with Crippen LogP contribution in [0, 0.1) is 11.8 Å². The summed E-state index contributed by atoms with van der Waals surface area (Å²) in [6, 6.07) is 0.291. The van der Waals surface area contributed by atoms with Crippen molar-refractivity contribution in [3.63, 3.8) is 0 Å². The number of nitrogens with two attached hydrogens (primary N) is 1. The summed E-state index contributed by atoms with van der Waals surface area (Å²) in [5.41, 5.74) is 3.24. The largest absolute Gasteiger partial charge is 0.379 e. The van der Waals surface area contributed by atoms with E-state index >= 15 is 0 Å². The molecule has 3 rings (SSSR count). The van der Waals surface area contributed by atoms with E-state index in [1.165, 1.54) is 38.5 Å². The fourth-order valence-electron chi connectivity index (χ4n) is 4.30. The van der Waals surface area contributed by atoms with Gasteiger partial charge in [-0.15, -0.1) is 0 Å². The molecule has 1 saturated heterocycles. The smallest absolute Gasteiger partial charge is 0.0768 e. The van der Waals surface area contributed by atoms with E-state index in [4.69, 9.17) is 15.3 Å². The molecule has 3 N–H and O–H groups in total. The predicted molar refractivity (Wildman–Crippen MR) is 74.5 cm³/mol. The van der Waals surface area contributed by atoms with Gasteiger partial charge in [-0.05, 0) is 50.4 Å². The lowest BCUT2D eigenvalue weighted by Gasteiger charge is -2.43. The quantitative estimate of drug-likeness (QED) is 0.591. The molecule has 3 unspecified atom stereocenters. The SMILES string of the molecule is COC(C1CC1)C(NN)C1CCOC2(CCCC2)C1. The zero-order valence-electron chi connectivity index (χ0n) is 12.1. The number of hydrogen-bond acceptors (Lipinski definition) is 4. The minimum absolute atomic E-state index is 0.167. The molecule has 0 bridgehead atoms. The van der Waals surface area contributed by atoms with Crippen molar-refractivity contribution in [3.8, 4) is 0 Å². The normalized spacial score (nSPS) is 33.5. The molecule has 0 aromatic rings. The van der Waals surface area contributed by atoms with E-state index in [-0.39, 0.29) is 11.7 Å². The minimum atomic E-state index is 0.167. The van der Waals surface area contributed by atoms with Crippen LogP contribution in [0.15, 0.2) is 0 Å². The average molecular weight is 268 g/mol. The van der Waals surface area contributed by atoms with E-state index in [1.54, 1.807) is 0 Å². The molecule has 1 aliphatic heterocycles. The Kier molecular flexibility index (Phi) is 4.13. The molecule has 1 spiro atoms. The average Bonchev–Trinajstić information content (AvgIpc) is 3.18. The maximum Gasteiger partial charge on any atom is 0.0768 e. The molecule has 3 fully saturated rings. The first-order chi connectivity index (χ1) is 9.28. The number of nitrogens with one attached hydrogen (secondary N) is 1. The molecule has 0 aromatic carbocycles. The molecule has 3 aliphatic rings. The van der Waals surface area contributed by atoms with Crippen LogP contribution in [0.2, 0.25) is 0 Å². The Morgan fingerprint density at radius 1 is 1.21 bits per heavy atom. The second-order valence-corrected chi connectivity index (χ2v) is 6.72. The summed E-state index contributed by atoms with van der Waals surface area (Å²) in [7, 11) is 1.83. The lowest BCUT2D eigenvalue weighted by molar-refractivity contribution is -0.108. The Morgan fingerprint density at radius 3 is 2.53 bits per heavy atom. The van der Waals surface area contributed by atoms with Gasteiger partial charge in [-0.25, -0.2) is 0 Å². The van der Waals surface area contributed by atoms with Gasteiger partial charge in [0.2, 0.25) is 0 Å². The van der Waals surface area contributed by atoms with Crippen LogP contribution in [0.25, 0.3) is 0 Å². The van der Waals surface area contributed by atoms with Crippen LogP contribution in [-0.2, 0) is 9.47 Å². The Morgan fingerprint density at radius 2 is 1.95 bits per heavy atom. The van der Waals surface area contributed by atoms with E-state index in [2.05, 4.69) is 5.43 Å². The third-order valence-electron chi connectivity index (χ3n) is 5.46. The monoisotopic (exact) mass is 268 g/mol. The predicted octanol–water partition coefficient (Wildman–Crippen LogP) is 1.98. The molecule has 2 aliphatic carbocycles. The molecule has 1 heterocycles. The topological polar surface area (TPSA) is 56.5 Å². The number of hydrogen-bond donors (Lipinski definition) is 2.